The maximum absolute atomic E-state index is 10.5. The fourth-order valence-corrected chi connectivity index (χ4v) is 3.40. The van der Waals surface area contributed by atoms with Gasteiger partial charge in [-0.15, -0.1) is 11.3 Å². The number of methoxy groups -OCH3 is 1. The molecule has 3 N–H and O–H groups in total. The predicted octanol–water partition coefficient (Wildman–Crippen LogP) is 3.84. The predicted molar refractivity (Wildman–Crippen MR) is 84.1 cm³/mol. The number of halogens is 2. The largest absolute Gasteiger partial charge is 0.496 e. The third-order valence-electron chi connectivity index (χ3n) is 3.11. The van der Waals surface area contributed by atoms with Gasteiger partial charge in [0.15, 0.2) is 0 Å². The van der Waals surface area contributed by atoms with Crippen LogP contribution < -0.4 is 10.5 Å². The molecule has 1 heterocycles. The van der Waals surface area contributed by atoms with Crippen LogP contribution in [0.15, 0.2) is 30.3 Å². The number of ether oxygens (including phenoxy) is 1. The zero-order valence-corrected chi connectivity index (χ0v) is 13.2. The molecule has 2 aromatic rings. The van der Waals surface area contributed by atoms with Crippen LogP contribution in [0.4, 0.5) is 0 Å². The summed E-state index contributed by atoms with van der Waals surface area (Å²) >= 11 is 13.3. The van der Waals surface area contributed by atoms with Gasteiger partial charge in [0.25, 0.3) is 0 Å². The highest BCUT2D eigenvalue weighted by Gasteiger charge is 2.26. The fourth-order valence-electron chi connectivity index (χ4n) is 2.11. The summed E-state index contributed by atoms with van der Waals surface area (Å²) in [6.45, 7) is 0.271. The van der Waals surface area contributed by atoms with Crippen LogP contribution in [-0.2, 0) is 0 Å². The summed E-state index contributed by atoms with van der Waals surface area (Å²) in [7, 11) is 1.58. The summed E-state index contributed by atoms with van der Waals surface area (Å²) in [5.41, 5.74) is 6.63. The Hall–Kier alpha value is -0.780. The van der Waals surface area contributed by atoms with Crippen molar-refractivity contribution >= 4 is 34.5 Å². The highest BCUT2D eigenvalue weighted by atomic mass is 35.5. The van der Waals surface area contributed by atoms with Gasteiger partial charge in [0, 0.05) is 27.9 Å². The molecule has 0 aliphatic heterocycles. The molecule has 1 aromatic carbocycles. The van der Waals surface area contributed by atoms with Crippen LogP contribution in [-0.4, -0.2) is 18.8 Å². The van der Waals surface area contributed by atoms with Crippen LogP contribution in [0.3, 0.4) is 0 Å². The molecule has 3 nitrogen and oxygen atoms in total. The molecule has 0 fully saturated rings. The molecule has 2 atom stereocenters. The molecule has 0 aliphatic rings. The van der Waals surface area contributed by atoms with Gasteiger partial charge in [-0.25, -0.2) is 0 Å². The summed E-state index contributed by atoms with van der Waals surface area (Å²) in [6.07, 6.45) is -0.745. The van der Waals surface area contributed by atoms with Crippen molar-refractivity contribution in [3.05, 3.63) is 50.1 Å². The zero-order chi connectivity index (χ0) is 14.7. The Kier molecular flexibility index (Phi) is 5.29. The molecule has 0 bridgehead atoms. The van der Waals surface area contributed by atoms with Crippen molar-refractivity contribution in [3.63, 3.8) is 0 Å². The Balaban J connectivity index is 2.39. The first-order valence-electron chi connectivity index (χ1n) is 6.03. The monoisotopic (exact) mass is 331 g/mol. The zero-order valence-electron chi connectivity index (χ0n) is 10.8. The first kappa shape index (κ1) is 15.6. The number of benzene rings is 1. The summed E-state index contributed by atoms with van der Waals surface area (Å²) in [5, 5.41) is 11.1. The topological polar surface area (TPSA) is 55.5 Å². The molecule has 2 unspecified atom stereocenters. The van der Waals surface area contributed by atoms with Crippen LogP contribution in [0.5, 0.6) is 5.75 Å². The molecule has 2 rings (SSSR count). The lowest BCUT2D eigenvalue weighted by atomic mass is 9.91. The van der Waals surface area contributed by atoms with Gasteiger partial charge in [-0.3, -0.25) is 0 Å². The minimum absolute atomic E-state index is 0.271. The number of thiophene rings is 1. The van der Waals surface area contributed by atoms with E-state index in [4.69, 9.17) is 33.7 Å². The number of nitrogens with two attached hydrogens (primary N) is 1. The maximum atomic E-state index is 10.5. The first-order chi connectivity index (χ1) is 9.56. The third-order valence-corrected chi connectivity index (χ3v) is 4.65. The van der Waals surface area contributed by atoms with Crippen molar-refractivity contribution in [1.82, 2.24) is 0 Å². The van der Waals surface area contributed by atoms with E-state index in [0.29, 0.717) is 15.1 Å². The number of aliphatic hydroxyl groups excluding tert-OH is 1. The Morgan fingerprint density at radius 2 is 2.05 bits per heavy atom. The number of hydrogen-bond acceptors (Lipinski definition) is 4. The summed E-state index contributed by atoms with van der Waals surface area (Å²) in [4.78, 5) is 0.771. The second kappa shape index (κ2) is 6.78. The van der Waals surface area contributed by atoms with Crippen LogP contribution in [0.2, 0.25) is 9.36 Å². The van der Waals surface area contributed by atoms with Gasteiger partial charge >= 0.3 is 0 Å². The lowest BCUT2D eigenvalue weighted by Crippen LogP contribution is -2.20. The van der Waals surface area contributed by atoms with Crippen LogP contribution in [0.25, 0.3) is 0 Å². The molecule has 0 radical (unpaired) electrons. The Bertz CT molecular complexity index is 588. The van der Waals surface area contributed by atoms with Crippen LogP contribution in [0.1, 0.15) is 22.5 Å². The van der Waals surface area contributed by atoms with Gasteiger partial charge < -0.3 is 15.6 Å². The van der Waals surface area contributed by atoms with Crippen LogP contribution >= 0.6 is 34.5 Å². The van der Waals surface area contributed by atoms with Gasteiger partial charge in [0.05, 0.1) is 17.6 Å². The molecule has 20 heavy (non-hydrogen) atoms. The van der Waals surface area contributed by atoms with Crippen molar-refractivity contribution in [3.8, 4) is 5.75 Å². The summed E-state index contributed by atoms with van der Waals surface area (Å²) < 4.78 is 5.96. The number of aliphatic hydroxyl groups is 1. The van der Waals surface area contributed by atoms with Crippen molar-refractivity contribution in [2.24, 2.45) is 5.73 Å². The molecule has 108 valence electrons. The average Bonchev–Trinajstić information content (AvgIpc) is 2.86. The minimum atomic E-state index is -0.745. The summed E-state index contributed by atoms with van der Waals surface area (Å²) in [5.74, 6) is 0.352. The Morgan fingerprint density at radius 1 is 1.30 bits per heavy atom. The molecule has 6 heteroatoms. The molecule has 1 aromatic heterocycles. The highest BCUT2D eigenvalue weighted by Crippen LogP contribution is 2.39. The Labute approximate surface area is 131 Å². The lowest BCUT2D eigenvalue weighted by molar-refractivity contribution is 0.149. The molecule has 0 spiro atoms. The highest BCUT2D eigenvalue weighted by molar-refractivity contribution is 7.16. The third kappa shape index (κ3) is 3.27. The SMILES string of the molecule is COc1ccc(Cl)cc1C(CN)C(O)c1ccc(Cl)s1. The second-order valence-electron chi connectivity index (χ2n) is 4.32. The van der Waals surface area contributed by atoms with Gasteiger partial charge in [0.1, 0.15) is 5.75 Å². The van der Waals surface area contributed by atoms with Gasteiger partial charge in [-0.05, 0) is 30.3 Å². The quantitative estimate of drug-likeness (QED) is 0.875. The second-order valence-corrected chi connectivity index (χ2v) is 6.50. The van der Waals surface area contributed by atoms with E-state index in [-0.39, 0.29) is 12.5 Å². The van der Waals surface area contributed by atoms with Gasteiger partial charge in [-0.1, -0.05) is 23.2 Å². The van der Waals surface area contributed by atoms with Gasteiger partial charge in [-0.2, -0.15) is 0 Å². The fraction of sp³-hybridized carbons (Fsp3) is 0.286. The van der Waals surface area contributed by atoms with Crippen molar-refractivity contribution in [2.75, 3.05) is 13.7 Å². The normalized spacial score (nSPS) is 14.1. The van der Waals surface area contributed by atoms with E-state index in [1.54, 1.807) is 37.4 Å². The van der Waals surface area contributed by atoms with E-state index >= 15 is 0 Å². The molecule has 0 aliphatic carbocycles. The lowest BCUT2D eigenvalue weighted by Gasteiger charge is -2.23. The number of rotatable bonds is 5. The molecular weight excluding hydrogens is 317 g/mol. The first-order valence-corrected chi connectivity index (χ1v) is 7.61. The van der Waals surface area contributed by atoms with Crippen molar-refractivity contribution in [2.45, 2.75) is 12.0 Å². The molecule has 0 saturated heterocycles. The Morgan fingerprint density at radius 3 is 2.60 bits per heavy atom. The van der Waals surface area contributed by atoms with Gasteiger partial charge in [0.2, 0.25) is 0 Å². The molecule has 0 amide bonds. The molecule has 0 saturated carbocycles. The van der Waals surface area contributed by atoms with E-state index in [2.05, 4.69) is 0 Å². The standard InChI is InChI=1S/C14H15Cl2NO2S/c1-19-11-3-2-8(15)6-9(11)10(7-17)14(18)12-4-5-13(16)20-12/h2-6,10,14,18H,7,17H2,1H3. The summed E-state index contributed by atoms with van der Waals surface area (Å²) in [6, 6.07) is 8.85. The van der Waals surface area contributed by atoms with Crippen molar-refractivity contribution in [1.29, 1.82) is 0 Å². The minimum Gasteiger partial charge on any atom is -0.496 e. The smallest absolute Gasteiger partial charge is 0.122 e. The van der Waals surface area contributed by atoms with E-state index in [1.807, 2.05) is 0 Å². The van der Waals surface area contributed by atoms with Crippen LogP contribution in [0, 0.1) is 0 Å². The van der Waals surface area contributed by atoms with E-state index < -0.39 is 6.10 Å². The average molecular weight is 332 g/mol. The number of hydrogen-bond donors (Lipinski definition) is 2. The van der Waals surface area contributed by atoms with E-state index in [1.165, 1.54) is 11.3 Å². The van der Waals surface area contributed by atoms with E-state index in [9.17, 15) is 5.11 Å². The van der Waals surface area contributed by atoms with Crippen molar-refractivity contribution < 1.29 is 9.84 Å². The van der Waals surface area contributed by atoms with E-state index in [0.717, 1.165) is 10.4 Å². The molecular formula is C14H15Cl2NO2S. The maximum Gasteiger partial charge on any atom is 0.122 e.